The number of ether oxygens (including phenoxy) is 1. The molecule has 0 spiro atoms. The van der Waals surface area contributed by atoms with E-state index in [1.54, 1.807) is 11.3 Å². The summed E-state index contributed by atoms with van der Waals surface area (Å²) in [5.74, 6) is 0.817. The first kappa shape index (κ1) is 13.2. The molecule has 2 aromatic rings. The zero-order valence-electron chi connectivity index (χ0n) is 11.2. The van der Waals surface area contributed by atoms with Crippen LogP contribution in [-0.2, 0) is 4.79 Å². The minimum absolute atomic E-state index is 0.0738. The van der Waals surface area contributed by atoms with Gasteiger partial charge < -0.3 is 9.64 Å². The molecular formula is C16H17NO2S. The van der Waals surface area contributed by atoms with Crippen molar-refractivity contribution in [1.29, 1.82) is 0 Å². The highest BCUT2D eigenvalue weighted by molar-refractivity contribution is 7.10. The van der Waals surface area contributed by atoms with Crippen molar-refractivity contribution in [2.75, 3.05) is 13.2 Å². The number of nitrogens with zero attached hydrogens (tertiary/aromatic N) is 1. The number of carbonyl (C=O) groups excluding carboxylic acids is 1. The Morgan fingerprint density at radius 3 is 2.85 bits per heavy atom. The van der Waals surface area contributed by atoms with Crippen LogP contribution in [0.1, 0.15) is 23.8 Å². The lowest BCUT2D eigenvalue weighted by molar-refractivity contribution is -0.134. The van der Waals surface area contributed by atoms with Gasteiger partial charge in [0.25, 0.3) is 5.91 Å². The third kappa shape index (κ3) is 2.85. The van der Waals surface area contributed by atoms with Crippen LogP contribution in [0.3, 0.4) is 0 Å². The fourth-order valence-electron chi connectivity index (χ4n) is 2.59. The van der Waals surface area contributed by atoms with E-state index in [9.17, 15) is 4.79 Å². The summed E-state index contributed by atoms with van der Waals surface area (Å²) >= 11 is 1.72. The molecular weight excluding hydrogens is 270 g/mol. The van der Waals surface area contributed by atoms with Crippen molar-refractivity contribution in [3.63, 3.8) is 0 Å². The van der Waals surface area contributed by atoms with Crippen molar-refractivity contribution in [2.45, 2.75) is 18.9 Å². The number of amides is 1. The molecule has 0 bridgehead atoms. The number of carbonyl (C=O) groups is 1. The zero-order valence-corrected chi connectivity index (χ0v) is 12.0. The minimum atomic E-state index is 0.0738. The maximum atomic E-state index is 12.3. The summed E-state index contributed by atoms with van der Waals surface area (Å²) in [6.45, 7) is 0.950. The number of benzene rings is 1. The van der Waals surface area contributed by atoms with Crippen LogP contribution in [-0.4, -0.2) is 24.0 Å². The van der Waals surface area contributed by atoms with Crippen LogP contribution >= 0.6 is 11.3 Å². The SMILES string of the molecule is O=C(COc1ccccc1)N1CCCC1c1cccs1. The van der Waals surface area contributed by atoms with E-state index in [1.165, 1.54) is 4.88 Å². The van der Waals surface area contributed by atoms with Crippen LogP contribution in [0.15, 0.2) is 47.8 Å². The van der Waals surface area contributed by atoms with E-state index in [1.807, 2.05) is 41.3 Å². The first-order chi connectivity index (χ1) is 9.84. The Kier molecular flexibility index (Phi) is 4.02. The lowest BCUT2D eigenvalue weighted by atomic mass is 10.2. The van der Waals surface area contributed by atoms with Gasteiger partial charge in [-0.15, -0.1) is 11.3 Å². The number of thiophene rings is 1. The summed E-state index contributed by atoms with van der Waals surface area (Å²) in [4.78, 5) is 15.6. The third-order valence-corrected chi connectivity index (χ3v) is 4.52. The predicted octanol–water partition coefficient (Wildman–Crippen LogP) is 3.49. The molecule has 1 aromatic carbocycles. The Hall–Kier alpha value is -1.81. The van der Waals surface area contributed by atoms with Gasteiger partial charge >= 0.3 is 0 Å². The molecule has 3 rings (SSSR count). The zero-order chi connectivity index (χ0) is 13.8. The van der Waals surface area contributed by atoms with Crippen LogP contribution in [0.2, 0.25) is 0 Å². The van der Waals surface area contributed by atoms with Gasteiger partial charge in [-0.2, -0.15) is 0 Å². The Bertz CT molecular complexity index is 553. The van der Waals surface area contributed by atoms with Crippen molar-refractivity contribution in [3.05, 3.63) is 52.7 Å². The largest absolute Gasteiger partial charge is 0.484 e. The first-order valence-corrected chi connectivity index (χ1v) is 7.73. The summed E-state index contributed by atoms with van der Waals surface area (Å²) in [7, 11) is 0. The van der Waals surface area contributed by atoms with Gasteiger partial charge in [-0.3, -0.25) is 4.79 Å². The molecule has 1 aromatic heterocycles. The maximum Gasteiger partial charge on any atom is 0.261 e. The second-order valence-corrected chi connectivity index (χ2v) is 5.84. The summed E-state index contributed by atoms with van der Waals surface area (Å²) in [6, 6.07) is 13.9. The quantitative estimate of drug-likeness (QED) is 0.861. The van der Waals surface area contributed by atoms with E-state index >= 15 is 0 Å². The van der Waals surface area contributed by atoms with Gasteiger partial charge in [0.2, 0.25) is 0 Å². The lowest BCUT2D eigenvalue weighted by Crippen LogP contribution is -2.34. The Morgan fingerprint density at radius 1 is 1.25 bits per heavy atom. The van der Waals surface area contributed by atoms with Crippen LogP contribution in [0.5, 0.6) is 5.75 Å². The van der Waals surface area contributed by atoms with Gasteiger partial charge in [-0.25, -0.2) is 0 Å². The molecule has 1 atom stereocenters. The maximum absolute atomic E-state index is 12.3. The molecule has 1 amide bonds. The summed E-state index contributed by atoms with van der Waals surface area (Å²) in [5.41, 5.74) is 0. The van der Waals surface area contributed by atoms with E-state index in [-0.39, 0.29) is 18.6 Å². The fourth-order valence-corrected chi connectivity index (χ4v) is 3.46. The highest BCUT2D eigenvalue weighted by Gasteiger charge is 2.30. The average molecular weight is 287 g/mol. The highest BCUT2D eigenvalue weighted by Crippen LogP contribution is 2.34. The number of hydrogen-bond acceptors (Lipinski definition) is 3. The Balaban J connectivity index is 1.62. The monoisotopic (exact) mass is 287 g/mol. The van der Waals surface area contributed by atoms with Crippen molar-refractivity contribution in [2.24, 2.45) is 0 Å². The van der Waals surface area contributed by atoms with Gasteiger partial charge in [-0.1, -0.05) is 24.3 Å². The molecule has 20 heavy (non-hydrogen) atoms. The van der Waals surface area contributed by atoms with Gasteiger partial charge in [0.05, 0.1) is 6.04 Å². The standard InChI is InChI=1S/C16H17NO2S/c18-16(12-19-13-6-2-1-3-7-13)17-10-4-8-14(17)15-9-5-11-20-15/h1-3,5-7,9,11,14H,4,8,10,12H2. The van der Waals surface area contributed by atoms with Crippen molar-refractivity contribution in [3.8, 4) is 5.75 Å². The van der Waals surface area contributed by atoms with Crippen LogP contribution in [0.4, 0.5) is 0 Å². The predicted molar refractivity (Wildman–Crippen MR) is 79.9 cm³/mol. The second kappa shape index (κ2) is 6.09. The molecule has 4 heteroatoms. The number of likely N-dealkylation sites (tertiary alicyclic amines) is 1. The van der Waals surface area contributed by atoms with Crippen LogP contribution in [0, 0.1) is 0 Å². The first-order valence-electron chi connectivity index (χ1n) is 6.85. The topological polar surface area (TPSA) is 29.5 Å². The number of hydrogen-bond donors (Lipinski definition) is 0. The van der Waals surface area contributed by atoms with Crippen molar-refractivity contribution >= 4 is 17.2 Å². The highest BCUT2D eigenvalue weighted by atomic mass is 32.1. The van der Waals surface area contributed by atoms with Gasteiger partial charge in [0.15, 0.2) is 6.61 Å². The van der Waals surface area contributed by atoms with E-state index in [0.29, 0.717) is 0 Å². The van der Waals surface area contributed by atoms with E-state index < -0.39 is 0 Å². The van der Waals surface area contributed by atoms with E-state index in [2.05, 4.69) is 11.4 Å². The van der Waals surface area contributed by atoms with Gasteiger partial charge in [0, 0.05) is 11.4 Å². The smallest absolute Gasteiger partial charge is 0.261 e. The molecule has 1 aliphatic rings. The fraction of sp³-hybridized carbons (Fsp3) is 0.312. The molecule has 104 valence electrons. The minimum Gasteiger partial charge on any atom is -0.484 e. The molecule has 0 radical (unpaired) electrons. The number of rotatable bonds is 4. The number of para-hydroxylation sites is 1. The molecule has 0 N–H and O–H groups in total. The summed E-state index contributed by atoms with van der Waals surface area (Å²) < 4.78 is 5.56. The van der Waals surface area contributed by atoms with Gasteiger partial charge in [0.1, 0.15) is 5.75 Å². The molecule has 1 aliphatic heterocycles. The Morgan fingerprint density at radius 2 is 2.10 bits per heavy atom. The molecule has 0 aliphatic carbocycles. The molecule has 1 saturated heterocycles. The molecule has 1 unspecified atom stereocenters. The van der Waals surface area contributed by atoms with E-state index in [4.69, 9.17) is 4.74 Å². The summed E-state index contributed by atoms with van der Waals surface area (Å²) in [5, 5.41) is 2.07. The molecule has 1 fully saturated rings. The van der Waals surface area contributed by atoms with Crippen LogP contribution in [0.25, 0.3) is 0 Å². The Labute approximate surface area is 122 Å². The van der Waals surface area contributed by atoms with Crippen LogP contribution < -0.4 is 4.74 Å². The summed E-state index contributed by atoms with van der Waals surface area (Å²) in [6.07, 6.45) is 2.12. The normalized spacial score (nSPS) is 18.2. The molecule has 2 heterocycles. The molecule has 3 nitrogen and oxygen atoms in total. The average Bonchev–Trinajstić information content (AvgIpc) is 3.15. The lowest BCUT2D eigenvalue weighted by Gasteiger charge is -2.23. The van der Waals surface area contributed by atoms with Crippen molar-refractivity contribution < 1.29 is 9.53 Å². The van der Waals surface area contributed by atoms with Crippen molar-refractivity contribution in [1.82, 2.24) is 4.90 Å². The van der Waals surface area contributed by atoms with E-state index in [0.717, 1.165) is 25.1 Å². The third-order valence-electron chi connectivity index (χ3n) is 3.55. The molecule has 0 saturated carbocycles. The van der Waals surface area contributed by atoms with Gasteiger partial charge in [-0.05, 0) is 36.4 Å². The second-order valence-electron chi connectivity index (χ2n) is 4.86.